The maximum Gasteiger partial charge on any atom is 0.315 e. The molecule has 0 heterocycles. The van der Waals surface area contributed by atoms with E-state index in [0.717, 1.165) is 11.1 Å². The number of benzene rings is 3. The van der Waals surface area contributed by atoms with Crippen LogP contribution >= 0.6 is 23.2 Å². The van der Waals surface area contributed by atoms with Gasteiger partial charge in [-0.3, -0.25) is 15.5 Å². The number of ether oxygens (including phenoxy) is 2. The highest BCUT2D eigenvalue weighted by Gasteiger charge is 2.22. The van der Waals surface area contributed by atoms with Crippen molar-refractivity contribution in [3.05, 3.63) is 91.4 Å². The number of nitrogens with zero attached hydrogens (tertiary/aromatic N) is 2. The summed E-state index contributed by atoms with van der Waals surface area (Å²) in [5.41, 5.74) is 5.61. The Labute approximate surface area is 189 Å². The summed E-state index contributed by atoms with van der Waals surface area (Å²) in [6, 6.07) is 15.6. The van der Waals surface area contributed by atoms with Crippen LogP contribution in [-0.2, 0) is 6.61 Å². The maximum atomic E-state index is 11.7. The highest BCUT2D eigenvalue weighted by atomic mass is 35.5. The second kappa shape index (κ2) is 10.1. The summed E-state index contributed by atoms with van der Waals surface area (Å²) in [5.74, 6) is 0.295. The number of aryl methyl sites for hydroxylation is 1. The number of nitro groups is 1. The normalized spacial score (nSPS) is 10.8. The van der Waals surface area contributed by atoms with Crippen LogP contribution in [0.5, 0.6) is 11.5 Å². The lowest BCUT2D eigenvalue weighted by atomic mass is 10.1. The molecule has 0 spiro atoms. The number of anilines is 1. The Kier molecular flexibility index (Phi) is 7.33. The predicted molar refractivity (Wildman–Crippen MR) is 123 cm³/mol. The molecule has 3 aromatic carbocycles. The molecule has 9 heteroatoms. The molecule has 3 rings (SSSR count). The zero-order valence-corrected chi connectivity index (χ0v) is 18.3. The van der Waals surface area contributed by atoms with Crippen molar-refractivity contribution in [2.24, 2.45) is 5.10 Å². The first kappa shape index (κ1) is 22.4. The Morgan fingerprint density at radius 1 is 1.13 bits per heavy atom. The van der Waals surface area contributed by atoms with E-state index in [9.17, 15) is 10.1 Å². The minimum atomic E-state index is -0.514. The van der Waals surface area contributed by atoms with E-state index in [1.807, 2.05) is 31.2 Å². The fraction of sp³-hybridized carbons (Fsp3) is 0.136. The molecule has 0 aliphatic rings. The van der Waals surface area contributed by atoms with Crippen molar-refractivity contribution in [3.63, 3.8) is 0 Å². The fourth-order valence-electron chi connectivity index (χ4n) is 2.78. The number of hydrazone groups is 1. The van der Waals surface area contributed by atoms with Crippen LogP contribution in [0.15, 0.2) is 59.7 Å². The largest absolute Gasteiger partial charge is 0.493 e. The molecule has 1 N–H and O–H groups in total. The van der Waals surface area contributed by atoms with Crippen molar-refractivity contribution in [1.29, 1.82) is 0 Å². The second-order valence-electron chi connectivity index (χ2n) is 6.54. The van der Waals surface area contributed by atoms with E-state index >= 15 is 0 Å². The minimum absolute atomic E-state index is 0.0605. The standard InChI is InChI=1S/C22H19Cl2N3O4/c1-14-5-3-4-6-16(14)13-31-22-20(27(28)29)9-15(10-21(22)30-2)12-25-26-17-7-8-18(23)19(24)11-17/h3-12,26H,13H2,1-2H3. The summed E-state index contributed by atoms with van der Waals surface area (Å²) in [6.45, 7) is 2.13. The second-order valence-corrected chi connectivity index (χ2v) is 7.36. The zero-order valence-electron chi connectivity index (χ0n) is 16.8. The van der Waals surface area contributed by atoms with Gasteiger partial charge in [-0.1, -0.05) is 47.5 Å². The number of nitro benzene ring substituents is 1. The van der Waals surface area contributed by atoms with Crippen molar-refractivity contribution in [2.45, 2.75) is 13.5 Å². The lowest BCUT2D eigenvalue weighted by molar-refractivity contribution is -0.386. The molecule has 0 bridgehead atoms. The zero-order chi connectivity index (χ0) is 22.4. The molecule has 0 aromatic heterocycles. The van der Waals surface area contributed by atoms with Gasteiger partial charge in [-0.05, 0) is 42.3 Å². The van der Waals surface area contributed by atoms with E-state index in [1.165, 1.54) is 19.4 Å². The summed E-state index contributed by atoms with van der Waals surface area (Å²) >= 11 is 11.9. The van der Waals surface area contributed by atoms with E-state index < -0.39 is 4.92 Å². The van der Waals surface area contributed by atoms with Gasteiger partial charge in [0.25, 0.3) is 0 Å². The van der Waals surface area contributed by atoms with Crippen LogP contribution in [0, 0.1) is 17.0 Å². The quantitative estimate of drug-likeness (QED) is 0.244. The molecular formula is C22H19Cl2N3O4. The smallest absolute Gasteiger partial charge is 0.315 e. The van der Waals surface area contributed by atoms with Crippen LogP contribution < -0.4 is 14.9 Å². The van der Waals surface area contributed by atoms with Gasteiger partial charge in [0, 0.05) is 11.6 Å². The third-order valence-electron chi connectivity index (χ3n) is 4.43. The summed E-state index contributed by atoms with van der Waals surface area (Å²) in [5, 5.41) is 16.6. The van der Waals surface area contributed by atoms with Crippen LogP contribution in [0.2, 0.25) is 10.0 Å². The Morgan fingerprint density at radius 3 is 2.58 bits per heavy atom. The maximum absolute atomic E-state index is 11.7. The van der Waals surface area contributed by atoms with Gasteiger partial charge in [0.05, 0.1) is 34.0 Å². The molecule has 0 amide bonds. The van der Waals surface area contributed by atoms with Gasteiger partial charge in [-0.15, -0.1) is 0 Å². The molecule has 31 heavy (non-hydrogen) atoms. The van der Waals surface area contributed by atoms with Crippen molar-refractivity contribution in [1.82, 2.24) is 0 Å². The lowest BCUT2D eigenvalue weighted by Gasteiger charge is -2.13. The molecule has 0 saturated carbocycles. The topological polar surface area (TPSA) is 86.0 Å². The van der Waals surface area contributed by atoms with Crippen LogP contribution in [0.1, 0.15) is 16.7 Å². The number of halogens is 2. The number of hydrogen-bond acceptors (Lipinski definition) is 6. The van der Waals surface area contributed by atoms with Gasteiger partial charge < -0.3 is 9.47 Å². The third kappa shape index (κ3) is 5.65. The predicted octanol–water partition coefficient (Wildman–Crippen LogP) is 6.24. The van der Waals surface area contributed by atoms with Crippen LogP contribution in [0.4, 0.5) is 11.4 Å². The lowest BCUT2D eigenvalue weighted by Crippen LogP contribution is -2.04. The average molecular weight is 460 g/mol. The molecule has 0 unspecified atom stereocenters. The summed E-state index contributed by atoms with van der Waals surface area (Å²) in [4.78, 5) is 11.2. The van der Waals surface area contributed by atoms with Crippen molar-refractivity contribution in [2.75, 3.05) is 12.5 Å². The van der Waals surface area contributed by atoms with Crippen molar-refractivity contribution < 1.29 is 14.4 Å². The van der Waals surface area contributed by atoms with E-state index in [4.69, 9.17) is 32.7 Å². The first-order valence-electron chi connectivity index (χ1n) is 9.17. The first-order chi connectivity index (χ1) is 14.9. The number of nitrogens with one attached hydrogen (secondary N) is 1. The number of hydrogen-bond donors (Lipinski definition) is 1. The van der Waals surface area contributed by atoms with Gasteiger partial charge in [0.2, 0.25) is 5.75 Å². The van der Waals surface area contributed by atoms with Gasteiger partial charge in [-0.2, -0.15) is 5.10 Å². The molecular weight excluding hydrogens is 441 g/mol. The SMILES string of the molecule is COc1cc(C=NNc2ccc(Cl)c(Cl)c2)cc([N+](=O)[O-])c1OCc1ccccc1C. The molecule has 7 nitrogen and oxygen atoms in total. The fourth-order valence-corrected chi connectivity index (χ4v) is 3.08. The Morgan fingerprint density at radius 2 is 1.90 bits per heavy atom. The van der Waals surface area contributed by atoms with E-state index in [0.29, 0.717) is 21.3 Å². The third-order valence-corrected chi connectivity index (χ3v) is 5.17. The molecule has 0 aliphatic carbocycles. The monoisotopic (exact) mass is 459 g/mol. The first-order valence-corrected chi connectivity index (χ1v) is 9.92. The summed E-state index contributed by atoms with van der Waals surface area (Å²) < 4.78 is 11.1. The Hall–Kier alpha value is -3.29. The molecule has 0 atom stereocenters. The minimum Gasteiger partial charge on any atom is -0.493 e. The van der Waals surface area contributed by atoms with Gasteiger partial charge in [0.1, 0.15) is 6.61 Å². The van der Waals surface area contributed by atoms with Crippen LogP contribution in [-0.4, -0.2) is 18.2 Å². The molecule has 3 aromatic rings. The van der Waals surface area contributed by atoms with Crippen LogP contribution in [0.3, 0.4) is 0 Å². The molecule has 0 radical (unpaired) electrons. The van der Waals surface area contributed by atoms with E-state index in [-0.39, 0.29) is 23.8 Å². The van der Waals surface area contributed by atoms with Crippen LogP contribution in [0.25, 0.3) is 0 Å². The average Bonchev–Trinajstić information content (AvgIpc) is 2.75. The Balaban J connectivity index is 1.84. The number of rotatable bonds is 8. The molecule has 0 aliphatic heterocycles. The van der Waals surface area contributed by atoms with Gasteiger partial charge >= 0.3 is 5.69 Å². The Bertz CT molecular complexity index is 1140. The number of methoxy groups -OCH3 is 1. The summed E-state index contributed by atoms with van der Waals surface area (Å²) in [6.07, 6.45) is 1.43. The van der Waals surface area contributed by atoms with Gasteiger partial charge in [0.15, 0.2) is 5.75 Å². The highest BCUT2D eigenvalue weighted by Crippen LogP contribution is 2.38. The van der Waals surface area contributed by atoms with Crippen molar-refractivity contribution in [3.8, 4) is 11.5 Å². The van der Waals surface area contributed by atoms with Gasteiger partial charge in [-0.25, -0.2) is 0 Å². The highest BCUT2D eigenvalue weighted by molar-refractivity contribution is 6.42. The molecule has 0 saturated heterocycles. The van der Waals surface area contributed by atoms with E-state index in [1.54, 1.807) is 24.3 Å². The molecule has 0 fully saturated rings. The molecule has 160 valence electrons. The summed E-state index contributed by atoms with van der Waals surface area (Å²) in [7, 11) is 1.43. The van der Waals surface area contributed by atoms with Crippen molar-refractivity contribution >= 4 is 40.8 Å². The van der Waals surface area contributed by atoms with E-state index in [2.05, 4.69) is 10.5 Å².